The Kier molecular flexibility index (Phi) is 3.70. The van der Waals surface area contributed by atoms with Crippen molar-refractivity contribution < 1.29 is 0 Å². The number of nitrogens with zero attached hydrogens (tertiary/aromatic N) is 7. The maximum Gasteiger partial charge on any atom is 0.137 e. The van der Waals surface area contributed by atoms with Crippen molar-refractivity contribution >= 4 is 11.3 Å². The number of imidazole rings is 1. The molecule has 1 atom stereocenters. The summed E-state index contributed by atoms with van der Waals surface area (Å²) in [6.45, 7) is 7.83. The van der Waals surface area contributed by atoms with Crippen LogP contribution in [0.1, 0.15) is 35.2 Å². The third-order valence-electron chi connectivity index (χ3n) is 4.32. The zero-order valence-electron chi connectivity index (χ0n) is 13.3. The fourth-order valence-electron chi connectivity index (χ4n) is 3.12. The van der Waals surface area contributed by atoms with Gasteiger partial charge in [0.2, 0.25) is 0 Å². The number of hydrogen-bond donors (Lipinski definition) is 0. The number of fused-ring (bicyclic) bond motifs is 1. The molecule has 4 rings (SSSR count). The first kappa shape index (κ1) is 14.5. The van der Waals surface area contributed by atoms with Crippen LogP contribution >= 0.6 is 11.3 Å². The molecule has 0 aliphatic carbocycles. The Bertz CT molecular complexity index is 789. The SMILES string of the molecule is Cc1nc(CN2CCn3c(Cn4cncn4)cnc3[C@@H]2C)cs1. The molecule has 0 N–H and O–H groups in total. The zero-order chi connectivity index (χ0) is 15.8. The van der Waals surface area contributed by atoms with E-state index in [0.29, 0.717) is 6.54 Å². The van der Waals surface area contributed by atoms with E-state index >= 15 is 0 Å². The van der Waals surface area contributed by atoms with Crippen molar-refractivity contribution in [2.75, 3.05) is 6.54 Å². The van der Waals surface area contributed by atoms with E-state index in [1.54, 1.807) is 24.0 Å². The molecule has 0 amide bonds. The van der Waals surface area contributed by atoms with Crippen molar-refractivity contribution in [2.45, 2.75) is 39.5 Å². The maximum atomic E-state index is 4.66. The molecule has 0 spiro atoms. The molecule has 8 heteroatoms. The predicted molar refractivity (Wildman–Crippen MR) is 87.0 cm³/mol. The molecule has 23 heavy (non-hydrogen) atoms. The van der Waals surface area contributed by atoms with Crippen molar-refractivity contribution in [1.29, 1.82) is 0 Å². The van der Waals surface area contributed by atoms with Crippen LogP contribution in [-0.4, -0.2) is 40.7 Å². The Hall–Kier alpha value is -2.06. The summed E-state index contributed by atoms with van der Waals surface area (Å²) in [4.78, 5) is 15.7. The molecule has 1 aliphatic heterocycles. The molecule has 1 aliphatic rings. The Labute approximate surface area is 138 Å². The minimum atomic E-state index is 0.287. The topological polar surface area (TPSA) is 64.7 Å². The highest BCUT2D eigenvalue weighted by Crippen LogP contribution is 2.27. The number of aromatic nitrogens is 6. The maximum absolute atomic E-state index is 4.66. The van der Waals surface area contributed by atoms with Gasteiger partial charge in [-0.3, -0.25) is 4.90 Å². The van der Waals surface area contributed by atoms with Gasteiger partial charge in [0.15, 0.2) is 0 Å². The van der Waals surface area contributed by atoms with Crippen LogP contribution in [0.25, 0.3) is 0 Å². The minimum Gasteiger partial charge on any atom is -0.328 e. The minimum absolute atomic E-state index is 0.287. The average molecular weight is 329 g/mol. The molecule has 0 unspecified atom stereocenters. The summed E-state index contributed by atoms with van der Waals surface area (Å²) in [5, 5.41) is 7.46. The quantitative estimate of drug-likeness (QED) is 0.731. The summed E-state index contributed by atoms with van der Waals surface area (Å²) in [5.41, 5.74) is 2.34. The van der Waals surface area contributed by atoms with E-state index in [0.717, 1.165) is 36.2 Å². The first-order valence-electron chi connectivity index (χ1n) is 7.72. The van der Waals surface area contributed by atoms with E-state index in [-0.39, 0.29) is 6.04 Å². The van der Waals surface area contributed by atoms with Gasteiger partial charge in [0.1, 0.15) is 18.5 Å². The van der Waals surface area contributed by atoms with E-state index in [1.807, 2.05) is 10.9 Å². The highest BCUT2D eigenvalue weighted by atomic mass is 32.1. The highest BCUT2D eigenvalue weighted by molar-refractivity contribution is 7.09. The average Bonchev–Trinajstić information content (AvgIpc) is 3.25. The molecule has 7 nitrogen and oxygen atoms in total. The van der Waals surface area contributed by atoms with E-state index < -0.39 is 0 Å². The molecular weight excluding hydrogens is 310 g/mol. The lowest BCUT2D eigenvalue weighted by atomic mass is 10.2. The lowest BCUT2D eigenvalue weighted by Gasteiger charge is -2.33. The second-order valence-electron chi connectivity index (χ2n) is 5.86. The molecule has 0 aromatic carbocycles. The van der Waals surface area contributed by atoms with Crippen LogP contribution < -0.4 is 0 Å². The van der Waals surface area contributed by atoms with Gasteiger partial charge in [0.05, 0.1) is 35.2 Å². The Morgan fingerprint density at radius 1 is 1.30 bits per heavy atom. The van der Waals surface area contributed by atoms with Gasteiger partial charge in [0.25, 0.3) is 0 Å². The lowest BCUT2D eigenvalue weighted by Crippen LogP contribution is -2.37. The summed E-state index contributed by atoms with van der Waals surface area (Å²) in [7, 11) is 0. The molecule has 4 heterocycles. The van der Waals surface area contributed by atoms with Crippen LogP contribution in [0, 0.1) is 6.92 Å². The van der Waals surface area contributed by atoms with Gasteiger partial charge in [-0.2, -0.15) is 5.10 Å². The molecule has 0 bridgehead atoms. The van der Waals surface area contributed by atoms with Crippen molar-refractivity contribution in [3.05, 3.63) is 46.5 Å². The molecule has 3 aromatic heterocycles. The smallest absolute Gasteiger partial charge is 0.137 e. The Morgan fingerprint density at radius 2 is 2.22 bits per heavy atom. The molecule has 0 radical (unpaired) electrons. The second kappa shape index (κ2) is 5.86. The van der Waals surface area contributed by atoms with Crippen molar-refractivity contribution in [3.8, 4) is 0 Å². The number of hydrogen-bond acceptors (Lipinski definition) is 6. The molecule has 0 fully saturated rings. The second-order valence-corrected chi connectivity index (χ2v) is 6.92. The van der Waals surface area contributed by atoms with Crippen molar-refractivity contribution in [1.82, 2.24) is 34.2 Å². The molecular formula is C15H19N7S. The van der Waals surface area contributed by atoms with E-state index in [2.05, 4.69) is 48.7 Å². The zero-order valence-corrected chi connectivity index (χ0v) is 14.1. The lowest BCUT2D eigenvalue weighted by molar-refractivity contribution is 0.153. The van der Waals surface area contributed by atoms with Crippen molar-refractivity contribution in [2.24, 2.45) is 0 Å². The van der Waals surface area contributed by atoms with Gasteiger partial charge in [-0.25, -0.2) is 19.6 Å². The summed E-state index contributed by atoms with van der Waals surface area (Å²) in [6.07, 6.45) is 5.26. The standard InChI is InChI=1S/C15H19N7S/c1-11-15-17-5-14(7-21-10-16-9-18-21)22(15)4-3-20(11)6-13-8-23-12(2)19-13/h5,8-11H,3-4,6-7H2,1-2H3/t11-/m0/s1. The fraction of sp³-hybridized carbons (Fsp3) is 0.467. The van der Waals surface area contributed by atoms with E-state index in [1.165, 1.54) is 5.69 Å². The van der Waals surface area contributed by atoms with Gasteiger partial charge in [-0.15, -0.1) is 11.3 Å². The monoisotopic (exact) mass is 329 g/mol. The van der Waals surface area contributed by atoms with Crippen LogP contribution in [0.15, 0.2) is 24.2 Å². The highest BCUT2D eigenvalue weighted by Gasteiger charge is 2.27. The first-order valence-corrected chi connectivity index (χ1v) is 8.60. The third-order valence-corrected chi connectivity index (χ3v) is 5.15. The summed E-state index contributed by atoms with van der Waals surface area (Å²) < 4.78 is 4.15. The Balaban J connectivity index is 1.53. The number of rotatable bonds is 4. The van der Waals surface area contributed by atoms with Gasteiger partial charge in [0, 0.05) is 25.0 Å². The van der Waals surface area contributed by atoms with Crippen LogP contribution in [0.2, 0.25) is 0 Å². The van der Waals surface area contributed by atoms with Crippen LogP contribution in [0.3, 0.4) is 0 Å². The van der Waals surface area contributed by atoms with Crippen molar-refractivity contribution in [3.63, 3.8) is 0 Å². The van der Waals surface area contributed by atoms with E-state index in [9.17, 15) is 0 Å². The van der Waals surface area contributed by atoms with Gasteiger partial charge >= 0.3 is 0 Å². The number of aryl methyl sites for hydroxylation is 1. The van der Waals surface area contributed by atoms with Crippen LogP contribution in [0.5, 0.6) is 0 Å². The van der Waals surface area contributed by atoms with Gasteiger partial charge in [-0.1, -0.05) is 0 Å². The molecule has 120 valence electrons. The summed E-state index contributed by atoms with van der Waals surface area (Å²) in [5.74, 6) is 1.12. The van der Waals surface area contributed by atoms with Crippen LogP contribution in [0.4, 0.5) is 0 Å². The Morgan fingerprint density at radius 3 is 2.96 bits per heavy atom. The third kappa shape index (κ3) is 2.79. The normalized spacial score (nSPS) is 18.3. The molecule has 0 saturated heterocycles. The molecule has 3 aromatic rings. The fourth-order valence-corrected chi connectivity index (χ4v) is 3.72. The van der Waals surface area contributed by atoms with E-state index in [4.69, 9.17) is 0 Å². The summed E-state index contributed by atoms with van der Waals surface area (Å²) in [6, 6.07) is 0.287. The van der Waals surface area contributed by atoms with Crippen LogP contribution in [-0.2, 0) is 19.6 Å². The number of thiazole rings is 1. The van der Waals surface area contributed by atoms with Gasteiger partial charge in [-0.05, 0) is 13.8 Å². The predicted octanol–water partition coefficient (Wildman–Crippen LogP) is 1.86. The molecule has 0 saturated carbocycles. The van der Waals surface area contributed by atoms with Gasteiger partial charge < -0.3 is 4.57 Å². The largest absolute Gasteiger partial charge is 0.328 e. The summed E-state index contributed by atoms with van der Waals surface area (Å²) >= 11 is 1.71. The first-order chi connectivity index (χ1) is 11.2.